The SMILES string of the molecule is Cn1cnc(C(=O)N2CC3(C2)OCCC3COc2ncccc2F)c1. The van der Waals surface area contributed by atoms with Gasteiger partial charge in [-0.15, -0.1) is 0 Å². The lowest BCUT2D eigenvalue weighted by Gasteiger charge is -2.49. The minimum absolute atomic E-state index is 0.00490. The number of carbonyl (C=O) groups is 1. The van der Waals surface area contributed by atoms with E-state index in [0.29, 0.717) is 32.0 Å². The number of carbonyl (C=O) groups excluding carboxylic acids is 1. The third kappa shape index (κ3) is 2.86. The molecule has 4 rings (SSSR count). The first-order chi connectivity index (χ1) is 12.1. The highest BCUT2D eigenvalue weighted by molar-refractivity contribution is 5.92. The molecule has 2 saturated heterocycles. The molecule has 0 bridgehead atoms. The summed E-state index contributed by atoms with van der Waals surface area (Å²) >= 11 is 0. The number of amides is 1. The van der Waals surface area contributed by atoms with E-state index >= 15 is 0 Å². The van der Waals surface area contributed by atoms with Gasteiger partial charge < -0.3 is 18.9 Å². The Bertz CT molecular complexity index is 788. The highest BCUT2D eigenvalue weighted by Crippen LogP contribution is 2.40. The maximum absolute atomic E-state index is 13.6. The molecule has 2 aromatic rings. The van der Waals surface area contributed by atoms with Crippen LogP contribution in [0.1, 0.15) is 16.9 Å². The van der Waals surface area contributed by atoms with Crippen LogP contribution in [-0.4, -0.2) is 57.2 Å². The largest absolute Gasteiger partial charge is 0.475 e. The lowest BCUT2D eigenvalue weighted by atomic mass is 9.81. The number of ether oxygens (including phenoxy) is 2. The summed E-state index contributed by atoms with van der Waals surface area (Å²) in [6.07, 6.45) is 5.62. The van der Waals surface area contributed by atoms with Crippen LogP contribution in [0.15, 0.2) is 30.9 Å². The van der Waals surface area contributed by atoms with E-state index in [1.54, 1.807) is 22.0 Å². The summed E-state index contributed by atoms with van der Waals surface area (Å²) in [5, 5.41) is 0. The molecule has 2 aromatic heterocycles. The van der Waals surface area contributed by atoms with Crippen LogP contribution in [0.5, 0.6) is 5.88 Å². The fourth-order valence-corrected chi connectivity index (χ4v) is 3.46. The first-order valence-corrected chi connectivity index (χ1v) is 8.22. The Morgan fingerprint density at radius 2 is 2.32 bits per heavy atom. The molecule has 1 spiro atoms. The number of likely N-dealkylation sites (tertiary alicyclic amines) is 1. The van der Waals surface area contributed by atoms with Gasteiger partial charge in [0.25, 0.3) is 5.91 Å². The zero-order valence-electron chi connectivity index (χ0n) is 13.9. The number of pyridine rings is 1. The Morgan fingerprint density at radius 1 is 1.48 bits per heavy atom. The van der Waals surface area contributed by atoms with Crippen molar-refractivity contribution in [2.24, 2.45) is 13.0 Å². The lowest BCUT2D eigenvalue weighted by molar-refractivity contribution is -0.122. The lowest BCUT2D eigenvalue weighted by Crippen LogP contribution is -2.66. The number of hydrogen-bond acceptors (Lipinski definition) is 5. The van der Waals surface area contributed by atoms with E-state index in [1.165, 1.54) is 18.3 Å². The summed E-state index contributed by atoms with van der Waals surface area (Å²) in [4.78, 5) is 22.1. The molecule has 0 N–H and O–H groups in total. The highest BCUT2D eigenvalue weighted by Gasteiger charge is 2.55. The molecular weight excluding hydrogens is 327 g/mol. The summed E-state index contributed by atoms with van der Waals surface area (Å²) in [7, 11) is 1.82. The van der Waals surface area contributed by atoms with E-state index in [2.05, 4.69) is 9.97 Å². The Kier molecular flexibility index (Phi) is 3.91. The van der Waals surface area contributed by atoms with Gasteiger partial charge >= 0.3 is 0 Å². The van der Waals surface area contributed by atoms with E-state index in [1.807, 2.05) is 7.05 Å². The fourth-order valence-electron chi connectivity index (χ4n) is 3.46. The summed E-state index contributed by atoms with van der Waals surface area (Å²) in [5.41, 5.74) is 0.0223. The molecule has 2 aliphatic heterocycles. The number of aryl methyl sites for hydroxylation is 1. The molecule has 1 unspecified atom stereocenters. The minimum Gasteiger partial charge on any atom is -0.475 e. The molecule has 2 fully saturated rings. The van der Waals surface area contributed by atoms with Gasteiger partial charge in [0.05, 0.1) is 26.0 Å². The molecule has 0 aromatic carbocycles. The minimum atomic E-state index is -0.476. The smallest absolute Gasteiger partial charge is 0.274 e. The molecule has 0 aliphatic carbocycles. The number of rotatable bonds is 4. The summed E-state index contributed by atoms with van der Waals surface area (Å²) in [5.74, 6) is -0.472. The van der Waals surface area contributed by atoms with E-state index in [-0.39, 0.29) is 17.7 Å². The Morgan fingerprint density at radius 3 is 3.04 bits per heavy atom. The summed E-state index contributed by atoms with van der Waals surface area (Å²) in [6, 6.07) is 2.84. The second kappa shape index (κ2) is 6.11. The quantitative estimate of drug-likeness (QED) is 0.834. The van der Waals surface area contributed by atoms with Crippen LogP contribution in [0.3, 0.4) is 0 Å². The first kappa shape index (κ1) is 16.0. The van der Waals surface area contributed by atoms with Gasteiger partial charge in [0.2, 0.25) is 5.88 Å². The van der Waals surface area contributed by atoms with Gasteiger partial charge in [0.1, 0.15) is 11.3 Å². The van der Waals surface area contributed by atoms with Crippen LogP contribution in [0, 0.1) is 11.7 Å². The van der Waals surface area contributed by atoms with Crippen LogP contribution >= 0.6 is 0 Å². The number of hydrogen-bond donors (Lipinski definition) is 0. The zero-order chi connectivity index (χ0) is 17.4. The molecule has 1 atom stereocenters. The third-order valence-electron chi connectivity index (χ3n) is 4.87. The molecule has 132 valence electrons. The molecule has 0 saturated carbocycles. The van der Waals surface area contributed by atoms with Gasteiger partial charge in [-0.3, -0.25) is 4.79 Å². The van der Waals surface area contributed by atoms with E-state index in [0.717, 1.165) is 6.42 Å². The topological polar surface area (TPSA) is 69.5 Å². The van der Waals surface area contributed by atoms with Crippen LogP contribution in [0.2, 0.25) is 0 Å². The van der Waals surface area contributed by atoms with Crippen LogP contribution in [0.4, 0.5) is 4.39 Å². The van der Waals surface area contributed by atoms with Gasteiger partial charge in [0.15, 0.2) is 5.82 Å². The zero-order valence-corrected chi connectivity index (χ0v) is 13.9. The Balaban J connectivity index is 1.38. The van der Waals surface area contributed by atoms with Crippen molar-refractivity contribution in [2.75, 3.05) is 26.3 Å². The number of halogens is 1. The second-order valence-electron chi connectivity index (χ2n) is 6.59. The van der Waals surface area contributed by atoms with Crippen molar-refractivity contribution in [3.05, 3.63) is 42.4 Å². The monoisotopic (exact) mass is 346 g/mol. The van der Waals surface area contributed by atoms with Gasteiger partial charge in [-0.05, 0) is 18.6 Å². The van der Waals surface area contributed by atoms with Crippen molar-refractivity contribution in [2.45, 2.75) is 12.0 Å². The van der Waals surface area contributed by atoms with Crippen LogP contribution < -0.4 is 4.74 Å². The second-order valence-corrected chi connectivity index (χ2v) is 6.59. The summed E-state index contributed by atoms with van der Waals surface area (Å²) in [6.45, 7) is 1.94. The van der Waals surface area contributed by atoms with Crippen molar-refractivity contribution in [3.63, 3.8) is 0 Å². The van der Waals surface area contributed by atoms with Crippen molar-refractivity contribution in [1.82, 2.24) is 19.4 Å². The number of imidazole rings is 1. The van der Waals surface area contributed by atoms with Gasteiger partial charge in [-0.1, -0.05) is 0 Å². The van der Waals surface area contributed by atoms with E-state index < -0.39 is 11.4 Å². The van der Waals surface area contributed by atoms with Crippen molar-refractivity contribution < 1.29 is 18.7 Å². The number of aromatic nitrogens is 3. The van der Waals surface area contributed by atoms with Crippen molar-refractivity contribution in [3.8, 4) is 5.88 Å². The van der Waals surface area contributed by atoms with E-state index in [4.69, 9.17) is 9.47 Å². The average Bonchev–Trinajstić information content (AvgIpc) is 3.18. The van der Waals surface area contributed by atoms with Gasteiger partial charge in [-0.2, -0.15) is 0 Å². The molecule has 0 radical (unpaired) electrons. The number of nitrogens with zero attached hydrogens (tertiary/aromatic N) is 4. The van der Waals surface area contributed by atoms with Crippen LogP contribution in [0.25, 0.3) is 0 Å². The molecule has 25 heavy (non-hydrogen) atoms. The highest BCUT2D eigenvalue weighted by atomic mass is 19.1. The normalized spacial score (nSPS) is 21.4. The van der Waals surface area contributed by atoms with Crippen LogP contribution in [-0.2, 0) is 11.8 Å². The third-order valence-corrected chi connectivity index (χ3v) is 4.87. The predicted molar refractivity (Wildman–Crippen MR) is 85.6 cm³/mol. The van der Waals surface area contributed by atoms with Crippen molar-refractivity contribution in [1.29, 1.82) is 0 Å². The van der Waals surface area contributed by atoms with Crippen molar-refractivity contribution >= 4 is 5.91 Å². The molecule has 8 heteroatoms. The molecule has 7 nitrogen and oxygen atoms in total. The first-order valence-electron chi connectivity index (χ1n) is 8.22. The maximum Gasteiger partial charge on any atom is 0.274 e. The molecular formula is C17H19FN4O3. The van der Waals surface area contributed by atoms with E-state index in [9.17, 15) is 9.18 Å². The Labute approximate surface area is 144 Å². The van der Waals surface area contributed by atoms with Gasteiger partial charge in [-0.25, -0.2) is 14.4 Å². The fraction of sp³-hybridized carbons (Fsp3) is 0.471. The molecule has 1 amide bonds. The summed E-state index contributed by atoms with van der Waals surface area (Å²) < 4.78 is 26.8. The Hall–Kier alpha value is -2.48. The predicted octanol–water partition coefficient (Wildman–Crippen LogP) is 1.26. The standard InChI is InChI=1S/C17H19FN4O3/c1-21-7-14(20-11-21)16(23)22-9-17(10-22)12(4-6-25-17)8-24-15-13(18)3-2-5-19-15/h2-3,5,7,11-12H,4,6,8-10H2,1H3. The molecule has 4 heterocycles. The molecule has 2 aliphatic rings. The maximum atomic E-state index is 13.6. The average molecular weight is 346 g/mol. The van der Waals surface area contributed by atoms with Gasteiger partial charge in [0, 0.05) is 32.0 Å².